The highest BCUT2D eigenvalue weighted by atomic mass is 16.6. The van der Waals surface area contributed by atoms with E-state index < -0.39 is 4.92 Å². The Bertz CT molecular complexity index is 803. The van der Waals surface area contributed by atoms with E-state index in [2.05, 4.69) is 10.3 Å². The number of imidazole rings is 1. The third-order valence-electron chi connectivity index (χ3n) is 4.18. The molecule has 1 fully saturated rings. The number of anilines is 2. The molecule has 9 heteroatoms. The molecule has 2 aromatic rings. The molecular weight excluding hydrogens is 338 g/mol. The summed E-state index contributed by atoms with van der Waals surface area (Å²) in [6.45, 7) is 1.29. The van der Waals surface area contributed by atoms with Crippen LogP contribution in [-0.4, -0.2) is 32.8 Å². The summed E-state index contributed by atoms with van der Waals surface area (Å²) in [5.74, 6) is -0.645. The first-order chi connectivity index (χ1) is 12.6. The zero-order chi connectivity index (χ0) is 18.5. The van der Waals surface area contributed by atoms with Crippen LogP contribution < -0.4 is 10.2 Å². The summed E-state index contributed by atoms with van der Waals surface area (Å²) in [7, 11) is 0. The van der Waals surface area contributed by atoms with Crippen LogP contribution in [0.25, 0.3) is 0 Å². The fourth-order valence-electron chi connectivity index (χ4n) is 2.90. The maximum Gasteiger partial charge on any atom is 0.294 e. The summed E-state index contributed by atoms with van der Waals surface area (Å²) < 4.78 is 1.92. The van der Waals surface area contributed by atoms with Crippen LogP contribution in [0.4, 0.5) is 17.1 Å². The van der Waals surface area contributed by atoms with Gasteiger partial charge in [-0.05, 0) is 25.0 Å². The van der Waals surface area contributed by atoms with Gasteiger partial charge in [0.25, 0.3) is 5.69 Å². The van der Waals surface area contributed by atoms with Gasteiger partial charge in [0.1, 0.15) is 5.69 Å². The SMILES string of the molecule is O=C1CCCC(=O)N1c1ccc(NCCCn2ccnc2)c([N+](=O)[O-])c1. The van der Waals surface area contributed by atoms with Gasteiger partial charge in [0.15, 0.2) is 0 Å². The van der Waals surface area contributed by atoms with E-state index >= 15 is 0 Å². The zero-order valence-corrected chi connectivity index (χ0v) is 14.1. The number of nitro groups is 1. The minimum atomic E-state index is -0.513. The van der Waals surface area contributed by atoms with Crippen molar-refractivity contribution in [2.45, 2.75) is 32.2 Å². The second-order valence-corrected chi connectivity index (χ2v) is 6.02. The first-order valence-electron chi connectivity index (χ1n) is 8.40. The van der Waals surface area contributed by atoms with E-state index in [0.29, 0.717) is 18.7 Å². The predicted octanol–water partition coefficient (Wildman–Crippen LogP) is 2.34. The van der Waals surface area contributed by atoms with Gasteiger partial charge in [-0.3, -0.25) is 24.6 Å². The Morgan fingerprint density at radius 2 is 2.00 bits per heavy atom. The number of hydrogen-bond acceptors (Lipinski definition) is 6. The van der Waals surface area contributed by atoms with Gasteiger partial charge in [0.2, 0.25) is 11.8 Å². The van der Waals surface area contributed by atoms with E-state index in [0.717, 1.165) is 17.9 Å². The van der Waals surface area contributed by atoms with Crippen LogP contribution in [0.15, 0.2) is 36.9 Å². The summed E-state index contributed by atoms with van der Waals surface area (Å²) >= 11 is 0. The van der Waals surface area contributed by atoms with Gasteiger partial charge in [-0.15, -0.1) is 0 Å². The maximum absolute atomic E-state index is 12.0. The van der Waals surface area contributed by atoms with Crippen LogP contribution in [0.5, 0.6) is 0 Å². The highest BCUT2D eigenvalue weighted by molar-refractivity contribution is 6.16. The number of carbonyl (C=O) groups excluding carboxylic acids is 2. The Hall–Kier alpha value is -3.23. The van der Waals surface area contributed by atoms with Gasteiger partial charge in [-0.25, -0.2) is 4.98 Å². The van der Waals surface area contributed by atoms with Crippen molar-refractivity contribution < 1.29 is 14.5 Å². The van der Waals surface area contributed by atoms with Crippen LogP contribution in [0, 0.1) is 10.1 Å². The molecule has 9 nitrogen and oxygen atoms in total. The molecule has 136 valence electrons. The molecule has 0 atom stereocenters. The smallest absolute Gasteiger partial charge is 0.294 e. The third kappa shape index (κ3) is 3.88. The normalized spacial score (nSPS) is 14.5. The Morgan fingerprint density at radius 3 is 2.65 bits per heavy atom. The number of benzene rings is 1. The lowest BCUT2D eigenvalue weighted by Crippen LogP contribution is -2.40. The second kappa shape index (κ2) is 7.77. The van der Waals surface area contributed by atoms with Gasteiger partial charge in [0.05, 0.1) is 16.9 Å². The van der Waals surface area contributed by atoms with Gasteiger partial charge in [-0.1, -0.05) is 0 Å². The molecule has 1 N–H and O–H groups in total. The minimum Gasteiger partial charge on any atom is -0.379 e. The highest BCUT2D eigenvalue weighted by Crippen LogP contribution is 2.31. The molecule has 0 unspecified atom stereocenters. The van der Waals surface area contributed by atoms with E-state index in [4.69, 9.17) is 0 Å². The quantitative estimate of drug-likeness (QED) is 0.352. The summed E-state index contributed by atoms with van der Waals surface area (Å²) in [5, 5.41) is 14.4. The largest absolute Gasteiger partial charge is 0.379 e. The number of nitrogens with one attached hydrogen (secondary N) is 1. The molecule has 3 rings (SSSR count). The highest BCUT2D eigenvalue weighted by Gasteiger charge is 2.29. The van der Waals surface area contributed by atoms with Crippen LogP contribution in [0.2, 0.25) is 0 Å². The predicted molar refractivity (Wildman–Crippen MR) is 94.8 cm³/mol. The maximum atomic E-state index is 12.0. The molecule has 0 aliphatic carbocycles. The molecule has 0 radical (unpaired) electrons. The monoisotopic (exact) mass is 357 g/mol. The van der Waals surface area contributed by atoms with Crippen molar-refractivity contribution in [1.29, 1.82) is 0 Å². The van der Waals surface area contributed by atoms with Gasteiger partial charge in [-0.2, -0.15) is 0 Å². The Labute approximate surface area is 149 Å². The number of carbonyl (C=O) groups is 2. The van der Waals surface area contributed by atoms with Gasteiger partial charge >= 0.3 is 0 Å². The first kappa shape index (κ1) is 17.6. The van der Waals surface area contributed by atoms with Crippen LogP contribution in [0.3, 0.4) is 0 Å². The van der Waals surface area contributed by atoms with Gasteiger partial charge in [0, 0.05) is 44.4 Å². The molecule has 1 aliphatic heterocycles. The average molecular weight is 357 g/mol. The van der Waals surface area contributed by atoms with E-state index in [1.54, 1.807) is 24.7 Å². The molecule has 1 saturated heterocycles. The number of hydrogen-bond donors (Lipinski definition) is 1. The van der Waals surface area contributed by atoms with E-state index in [1.807, 2.05) is 10.8 Å². The molecule has 1 aliphatic rings. The lowest BCUT2D eigenvalue weighted by Gasteiger charge is -2.25. The lowest BCUT2D eigenvalue weighted by atomic mass is 10.1. The van der Waals surface area contributed by atoms with Crippen molar-refractivity contribution in [3.8, 4) is 0 Å². The van der Waals surface area contributed by atoms with Crippen LogP contribution in [0.1, 0.15) is 25.7 Å². The third-order valence-corrected chi connectivity index (χ3v) is 4.18. The number of aryl methyl sites for hydroxylation is 1. The topological polar surface area (TPSA) is 110 Å². The number of piperidine rings is 1. The molecule has 2 amide bonds. The Morgan fingerprint density at radius 1 is 1.23 bits per heavy atom. The zero-order valence-electron chi connectivity index (χ0n) is 14.1. The van der Waals surface area contributed by atoms with Crippen LogP contribution in [-0.2, 0) is 16.1 Å². The number of aromatic nitrogens is 2. The van der Waals surface area contributed by atoms with E-state index in [1.165, 1.54) is 6.07 Å². The summed E-state index contributed by atoms with van der Waals surface area (Å²) in [6.07, 6.45) is 7.08. The second-order valence-electron chi connectivity index (χ2n) is 6.02. The van der Waals surface area contributed by atoms with E-state index in [9.17, 15) is 19.7 Å². The summed E-state index contributed by atoms with van der Waals surface area (Å²) in [6, 6.07) is 4.38. The molecule has 26 heavy (non-hydrogen) atoms. The van der Waals surface area contributed by atoms with Crippen molar-refractivity contribution in [2.24, 2.45) is 0 Å². The molecule has 0 saturated carbocycles. The van der Waals surface area contributed by atoms with E-state index in [-0.39, 0.29) is 36.0 Å². The molecule has 1 aromatic heterocycles. The fourth-order valence-corrected chi connectivity index (χ4v) is 2.90. The van der Waals surface area contributed by atoms with Crippen molar-refractivity contribution >= 4 is 28.9 Å². The Kier molecular flexibility index (Phi) is 5.26. The molecule has 0 bridgehead atoms. The number of nitrogens with zero attached hydrogens (tertiary/aromatic N) is 4. The number of nitro benzene ring substituents is 1. The van der Waals surface area contributed by atoms with Crippen LogP contribution >= 0.6 is 0 Å². The lowest BCUT2D eigenvalue weighted by molar-refractivity contribution is -0.383. The summed E-state index contributed by atoms with van der Waals surface area (Å²) in [5.41, 5.74) is 0.452. The van der Waals surface area contributed by atoms with Gasteiger partial charge < -0.3 is 9.88 Å². The molecular formula is C17H19N5O4. The summed E-state index contributed by atoms with van der Waals surface area (Å²) in [4.78, 5) is 39.9. The number of rotatable bonds is 7. The number of amides is 2. The molecule has 1 aromatic carbocycles. The molecule has 2 heterocycles. The van der Waals surface area contributed by atoms with Crippen molar-refractivity contribution in [2.75, 3.05) is 16.8 Å². The Balaban J connectivity index is 1.71. The first-order valence-corrected chi connectivity index (χ1v) is 8.40. The average Bonchev–Trinajstić information content (AvgIpc) is 3.12. The van der Waals surface area contributed by atoms with Crippen molar-refractivity contribution in [1.82, 2.24) is 9.55 Å². The minimum absolute atomic E-state index is 0.156. The molecule has 0 spiro atoms. The standard InChI is InChI=1S/C17H19N5O4/c23-16-3-1-4-17(24)21(16)13-5-6-14(15(11-13)22(25)26)19-7-2-9-20-10-8-18-12-20/h5-6,8,10-12,19H,1-4,7,9H2. The number of imide groups is 1. The van der Waals surface area contributed by atoms with Crippen molar-refractivity contribution in [3.05, 3.63) is 47.0 Å². The fraction of sp³-hybridized carbons (Fsp3) is 0.353. The van der Waals surface area contributed by atoms with Crippen molar-refractivity contribution in [3.63, 3.8) is 0 Å².